The van der Waals surface area contributed by atoms with E-state index < -0.39 is 0 Å². The maximum atomic E-state index is 12.6. The first-order chi connectivity index (χ1) is 9.58. The number of halogens is 1. The third-order valence-corrected chi connectivity index (χ3v) is 3.51. The summed E-state index contributed by atoms with van der Waals surface area (Å²) in [6.07, 6.45) is 1.64. The zero-order chi connectivity index (χ0) is 14.3. The largest absolute Gasteiger partial charge is 0.345 e. The highest BCUT2D eigenvalue weighted by molar-refractivity contribution is 6.36. The van der Waals surface area contributed by atoms with Crippen LogP contribution in [-0.2, 0) is 0 Å². The van der Waals surface area contributed by atoms with Gasteiger partial charge in [0.05, 0.1) is 10.9 Å². The third-order valence-electron chi connectivity index (χ3n) is 3.23. The summed E-state index contributed by atoms with van der Waals surface area (Å²) in [5.41, 5.74) is 2.67. The Bertz CT molecular complexity index is 823. The number of hydrogen-bond acceptors (Lipinski definition) is 3. The van der Waals surface area contributed by atoms with Crippen molar-refractivity contribution in [1.82, 2.24) is 15.0 Å². The van der Waals surface area contributed by atoms with Gasteiger partial charge in [0.15, 0.2) is 5.78 Å². The molecule has 4 nitrogen and oxygen atoms in total. The smallest absolute Gasteiger partial charge is 0.195 e. The Morgan fingerprint density at radius 1 is 1.15 bits per heavy atom. The number of rotatable bonds is 2. The molecule has 20 heavy (non-hydrogen) atoms. The number of hydrogen-bond donors (Lipinski definition) is 1. The molecular weight excluding hydrogens is 274 g/mol. The summed E-state index contributed by atoms with van der Waals surface area (Å²) >= 11 is 6.16. The van der Waals surface area contributed by atoms with E-state index in [9.17, 15) is 4.79 Å². The van der Waals surface area contributed by atoms with Gasteiger partial charge in [0.25, 0.3) is 0 Å². The maximum Gasteiger partial charge on any atom is 0.195 e. The average molecular weight is 286 g/mol. The minimum absolute atomic E-state index is 0.0799. The van der Waals surface area contributed by atoms with Gasteiger partial charge >= 0.3 is 0 Å². The number of aryl methyl sites for hydroxylation is 2. The molecule has 0 atom stereocenters. The molecule has 0 bridgehead atoms. The molecule has 3 rings (SSSR count). The molecule has 2 aromatic heterocycles. The Morgan fingerprint density at radius 3 is 2.65 bits per heavy atom. The van der Waals surface area contributed by atoms with E-state index in [4.69, 9.17) is 11.6 Å². The fourth-order valence-corrected chi connectivity index (χ4v) is 2.56. The van der Waals surface area contributed by atoms with Crippen molar-refractivity contribution in [3.05, 3.63) is 58.1 Å². The Kier molecular flexibility index (Phi) is 3.03. The van der Waals surface area contributed by atoms with Gasteiger partial charge in [-0.2, -0.15) is 0 Å². The van der Waals surface area contributed by atoms with Crippen LogP contribution in [0.25, 0.3) is 11.0 Å². The average Bonchev–Trinajstić information content (AvgIpc) is 2.82. The second-order valence-corrected chi connectivity index (χ2v) is 4.99. The molecule has 2 heterocycles. The fraction of sp³-hybridized carbons (Fsp3) is 0.133. The number of carbonyl (C=O) groups is 1. The topological polar surface area (TPSA) is 58.6 Å². The van der Waals surface area contributed by atoms with Crippen LogP contribution in [0.1, 0.15) is 27.3 Å². The number of benzene rings is 1. The van der Waals surface area contributed by atoms with Crippen LogP contribution >= 0.6 is 11.6 Å². The SMILES string of the molecule is Cc1nc(Cl)c2c(C(=O)c3ccccc3C)c[nH]c2n1. The Labute approximate surface area is 120 Å². The number of nitrogens with zero attached hydrogens (tertiary/aromatic N) is 2. The highest BCUT2D eigenvalue weighted by Crippen LogP contribution is 2.26. The first kappa shape index (κ1) is 12.8. The summed E-state index contributed by atoms with van der Waals surface area (Å²) in [4.78, 5) is 24.0. The van der Waals surface area contributed by atoms with Crippen LogP contribution in [0.3, 0.4) is 0 Å². The van der Waals surface area contributed by atoms with Crippen molar-refractivity contribution in [2.24, 2.45) is 0 Å². The monoisotopic (exact) mass is 285 g/mol. The second kappa shape index (κ2) is 4.72. The molecule has 1 aromatic carbocycles. The van der Waals surface area contributed by atoms with E-state index in [1.54, 1.807) is 19.2 Å². The predicted molar refractivity (Wildman–Crippen MR) is 78.2 cm³/mol. The quantitative estimate of drug-likeness (QED) is 0.579. The van der Waals surface area contributed by atoms with Crippen molar-refractivity contribution < 1.29 is 4.79 Å². The van der Waals surface area contributed by atoms with E-state index in [1.807, 2.05) is 25.1 Å². The van der Waals surface area contributed by atoms with Crippen LogP contribution in [0.2, 0.25) is 5.15 Å². The van der Waals surface area contributed by atoms with Crippen LogP contribution < -0.4 is 0 Å². The van der Waals surface area contributed by atoms with Gasteiger partial charge in [0.2, 0.25) is 0 Å². The van der Waals surface area contributed by atoms with Crippen molar-refractivity contribution in [3.8, 4) is 0 Å². The number of fused-ring (bicyclic) bond motifs is 1. The second-order valence-electron chi connectivity index (χ2n) is 4.63. The molecule has 0 amide bonds. The Balaban J connectivity index is 2.21. The van der Waals surface area contributed by atoms with Gasteiger partial charge < -0.3 is 4.98 Å². The molecule has 100 valence electrons. The zero-order valence-electron chi connectivity index (χ0n) is 11.1. The van der Waals surface area contributed by atoms with Crippen LogP contribution in [0, 0.1) is 13.8 Å². The molecule has 0 spiro atoms. The molecular formula is C15H12ClN3O. The lowest BCUT2D eigenvalue weighted by Crippen LogP contribution is -2.03. The molecule has 5 heteroatoms. The summed E-state index contributed by atoms with van der Waals surface area (Å²) in [5.74, 6) is 0.489. The van der Waals surface area contributed by atoms with Gasteiger partial charge in [0.1, 0.15) is 16.6 Å². The van der Waals surface area contributed by atoms with Crippen LogP contribution in [0.5, 0.6) is 0 Å². The number of nitrogens with one attached hydrogen (secondary N) is 1. The summed E-state index contributed by atoms with van der Waals surface area (Å²) < 4.78 is 0. The number of carbonyl (C=O) groups excluding carboxylic acids is 1. The minimum atomic E-state index is -0.0799. The fourth-order valence-electron chi connectivity index (χ4n) is 2.25. The van der Waals surface area contributed by atoms with E-state index in [2.05, 4.69) is 15.0 Å². The summed E-state index contributed by atoms with van der Waals surface area (Å²) in [6.45, 7) is 3.67. The molecule has 1 N–H and O–H groups in total. The summed E-state index contributed by atoms with van der Waals surface area (Å²) in [7, 11) is 0. The number of ketones is 1. The number of H-pyrrole nitrogens is 1. The normalized spacial score (nSPS) is 10.9. The molecule has 0 saturated carbocycles. The maximum absolute atomic E-state index is 12.6. The highest BCUT2D eigenvalue weighted by atomic mass is 35.5. The first-order valence-electron chi connectivity index (χ1n) is 6.19. The van der Waals surface area contributed by atoms with E-state index in [1.165, 1.54) is 0 Å². The lowest BCUT2D eigenvalue weighted by molar-refractivity contribution is 0.103. The van der Waals surface area contributed by atoms with Crippen molar-refractivity contribution in [2.75, 3.05) is 0 Å². The molecule has 0 aliphatic rings. The minimum Gasteiger partial charge on any atom is -0.345 e. The van der Waals surface area contributed by atoms with Gasteiger partial charge in [-0.25, -0.2) is 9.97 Å². The highest BCUT2D eigenvalue weighted by Gasteiger charge is 2.19. The van der Waals surface area contributed by atoms with E-state index >= 15 is 0 Å². The van der Waals surface area contributed by atoms with Crippen molar-refractivity contribution in [3.63, 3.8) is 0 Å². The standard InChI is InChI=1S/C15H12ClN3O/c1-8-5-3-4-6-10(8)13(20)11-7-17-15-12(11)14(16)18-9(2)19-15/h3-7H,1-2H3,(H,17,18,19). The van der Waals surface area contributed by atoms with Crippen LogP contribution in [-0.4, -0.2) is 20.7 Å². The number of aromatic nitrogens is 3. The van der Waals surface area contributed by atoms with Crippen LogP contribution in [0.4, 0.5) is 0 Å². The molecule has 0 fully saturated rings. The molecule has 0 unspecified atom stereocenters. The molecule has 0 aliphatic heterocycles. The Hall–Kier alpha value is -2.20. The Morgan fingerprint density at radius 2 is 1.90 bits per heavy atom. The van der Waals surface area contributed by atoms with Crippen molar-refractivity contribution >= 4 is 28.4 Å². The molecule has 0 aliphatic carbocycles. The van der Waals surface area contributed by atoms with E-state index in [-0.39, 0.29) is 5.78 Å². The molecule has 0 saturated heterocycles. The first-order valence-corrected chi connectivity index (χ1v) is 6.57. The lowest BCUT2D eigenvalue weighted by atomic mass is 10.00. The van der Waals surface area contributed by atoms with Gasteiger partial charge in [-0.3, -0.25) is 4.79 Å². The number of aromatic amines is 1. The van der Waals surface area contributed by atoms with E-state index in [0.717, 1.165) is 5.56 Å². The van der Waals surface area contributed by atoms with Crippen molar-refractivity contribution in [2.45, 2.75) is 13.8 Å². The lowest BCUT2D eigenvalue weighted by Gasteiger charge is -2.04. The molecule has 3 aromatic rings. The van der Waals surface area contributed by atoms with E-state index in [0.29, 0.717) is 33.1 Å². The summed E-state index contributed by atoms with van der Waals surface area (Å²) in [5, 5.41) is 0.871. The zero-order valence-corrected chi connectivity index (χ0v) is 11.8. The van der Waals surface area contributed by atoms with Crippen molar-refractivity contribution in [1.29, 1.82) is 0 Å². The van der Waals surface area contributed by atoms with Gasteiger partial charge in [-0.05, 0) is 19.4 Å². The van der Waals surface area contributed by atoms with Gasteiger partial charge in [-0.1, -0.05) is 35.9 Å². The van der Waals surface area contributed by atoms with Crippen LogP contribution in [0.15, 0.2) is 30.5 Å². The third kappa shape index (κ3) is 1.98. The van der Waals surface area contributed by atoms with Gasteiger partial charge in [0, 0.05) is 11.8 Å². The predicted octanol–water partition coefficient (Wildman–Crippen LogP) is 3.46. The summed E-state index contributed by atoms with van der Waals surface area (Å²) in [6, 6.07) is 7.46. The molecule has 0 radical (unpaired) electrons. The van der Waals surface area contributed by atoms with Gasteiger partial charge in [-0.15, -0.1) is 0 Å².